The fourth-order valence-corrected chi connectivity index (χ4v) is 2.58. The van der Waals surface area contributed by atoms with Crippen LogP contribution in [0.15, 0.2) is 24.3 Å². The van der Waals surface area contributed by atoms with E-state index in [1.165, 1.54) is 37.7 Å². The van der Waals surface area contributed by atoms with Crippen LogP contribution in [0.4, 0.5) is 0 Å². The Kier molecular flexibility index (Phi) is 8.36. The third kappa shape index (κ3) is 7.54. The Morgan fingerprint density at radius 2 is 1.60 bits per heavy atom. The van der Waals surface area contributed by atoms with Crippen LogP contribution in [0, 0.1) is 0 Å². The van der Waals surface area contributed by atoms with Crippen LogP contribution in [0.1, 0.15) is 64.9 Å². The van der Waals surface area contributed by atoms with Gasteiger partial charge in [-0.3, -0.25) is 0 Å². The summed E-state index contributed by atoms with van der Waals surface area (Å²) in [5, 5.41) is 13.0. The lowest BCUT2D eigenvalue weighted by molar-refractivity contribution is 0.415. The highest BCUT2D eigenvalue weighted by molar-refractivity contribution is 5.25. The molecule has 2 unspecified atom stereocenters. The SMILES string of the molecule is CCCCCCC(C)NC(C)CCc1ccc(O)cc1. The minimum absolute atomic E-state index is 0.348. The van der Waals surface area contributed by atoms with Gasteiger partial charge in [0, 0.05) is 12.1 Å². The van der Waals surface area contributed by atoms with Crippen LogP contribution in [0.2, 0.25) is 0 Å². The van der Waals surface area contributed by atoms with Crippen molar-refractivity contribution in [1.29, 1.82) is 0 Å². The molecule has 0 fully saturated rings. The molecule has 0 aromatic heterocycles. The van der Waals surface area contributed by atoms with Crippen LogP contribution in [0.3, 0.4) is 0 Å². The number of phenolic OH excluding ortho intramolecular Hbond substituents is 1. The van der Waals surface area contributed by atoms with Gasteiger partial charge in [0.25, 0.3) is 0 Å². The van der Waals surface area contributed by atoms with Crippen LogP contribution < -0.4 is 5.32 Å². The van der Waals surface area contributed by atoms with Gasteiger partial charge in [-0.2, -0.15) is 0 Å². The van der Waals surface area contributed by atoms with E-state index in [0.717, 1.165) is 12.8 Å². The molecular formula is C18H31NO. The Morgan fingerprint density at radius 3 is 2.25 bits per heavy atom. The Hall–Kier alpha value is -1.02. The quantitative estimate of drug-likeness (QED) is 0.610. The van der Waals surface area contributed by atoms with E-state index < -0.39 is 0 Å². The monoisotopic (exact) mass is 277 g/mol. The second kappa shape index (κ2) is 9.82. The summed E-state index contributed by atoms with van der Waals surface area (Å²) >= 11 is 0. The predicted octanol–water partition coefficient (Wildman–Crippen LogP) is 4.66. The second-order valence-corrected chi connectivity index (χ2v) is 6.02. The van der Waals surface area contributed by atoms with E-state index in [-0.39, 0.29) is 0 Å². The van der Waals surface area contributed by atoms with E-state index in [1.807, 2.05) is 12.1 Å². The molecule has 0 saturated carbocycles. The molecule has 2 N–H and O–H groups in total. The van der Waals surface area contributed by atoms with Crippen molar-refractivity contribution >= 4 is 0 Å². The van der Waals surface area contributed by atoms with Gasteiger partial charge >= 0.3 is 0 Å². The normalized spacial score (nSPS) is 14.2. The standard InChI is InChI=1S/C18H31NO/c1-4-5-6-7-8-15(2)19-16(3)9-10-17-11-13-18(20)14-12-17/h11-16,19-20H,4-10H2,1-3H3. The minimum Gasteiger partial charge on any atom is -0.508 e. The first-order valence-corrected chi connectivity index (χ1v) is 8.15. The van der Waals surface area contributed by atoms with Crippen molar-refractivity contribution in [3.63, 3.8) is 0 Å². The molecular weight excluding hydrogens is 246 g/mol. The summed E-state index contributed by atoms with van der Waals surface area (Å²) in [6, 6.07) is 8.71. The highest BCUT2D eigenvalue weighted by atomic mass is 16.3. The number of unbranched alkanes of at least 4 members (excludes halogenated alkanes) is 3. The largest absolute Gasteiger partial charge is 0.508 e. The number of benzene rings is 1. The Morgan fingerprint density at radius 1 is 0.950 bits per heavy atom. The van der Waals surface area contributed by atoms with Crippen molar-refractivity contribution in [3.8, 4) is 5.75 Å². The highest BCUT2D eigenvalue weighted by Crippen LogP contribution is 2.12. The summed E-state index contributed by atoms with van der Waals surface area (Å²) in [4.78, 5) is 0. The van der Waals surface area contributed by atoms with E-state index >= 15 is 0 Å². The Bertz CT molecular complexity index is 347. The minimum atomic E-state index is 0.348. The maximum Gasteiger partial charge on any atom is 0.115 e. The molecule has 20 heavy (non-hydrogen) atoms. The van der Waals surface area contributed by atoms with E-state index in [9.17, 15) is 5.11 Å². The first-order valence-electron chi connectivity index (χ1n) is 8.15. The average Bonchev–Trinajstić information content (AvgIpc) is 2.43. The van der Waals surface area contributed by atoms with Gasteiger partial charge in [-0.05, 0) is 50.8 Å². The highest BCUT2D eigenvalue weighted by Gasteiger charge is 2.07. The van der Waals surface area contributed by atoms with Crippen LogP contribution in [0.5, 0.6) is 5.75 Å². The zero-order chi connectivity index (χ0) is 14.8. The molecule has 0 aliphatic carbocycles. The second-order valence-electron chi connectivity index (χ2n) is 6.02. The maximum atomic E-state index is 9.26. The van der Waals surface area contributed by atoms with Crippen molar-refractivity contribution in [2.24, 2.45) is 0 Å². The van der Waals surface area contributed by atoms with Gasteiger partial charge in [0.1, 0.15) is 5.75 Å². The number of phenols is 1. The van der Waals surface area contributed by atoms with Crippen molar-refractivity contribution in [1.82, 2.24) is 5.32 Å². The third-order valence-corrected chi connectivity index (χ3v) is 3.86. The van der Waals surface area contributed by atoms with E-state index in [0.29, 0.717) is 17.8 Å². The molecule has 0 heterocycles. The molecule has 0 amide bonds. The summed E-state index contributed by atoms with van der Waals surface area (Å²) < 4.78 is 0. The number of hydrogen-bond donors (Lipinski definition) is 2. The van der Waals surface area contributed by atoms with Gasteiger partial charge in [0.2, 0.25) is 0 Å². The summed E-state index contributed by atoms with van der Waals surface area (Å²) in [5.41, 5.74) is 1.30. The fraction of sp³-hybridized carbons (Fsp3) is 0.667. The van der Waals surface area contributed by atoms with Crippen LogP contribution in [-0.2, 0) is 6.42 Å². The van der Waals surface area contributed by atoms with Crippen molar-refractivity contribution < 1.29 is 5.11 Å². The van der Waals surface area contributed by atoms with Crippen molar-refractivity contribution in [2.75, 3.05) is 0 Å². The zero-order valence-electron chi connectivity index (χ0n) is 13.4. The van der Waals surface area contributed by atoms with Gasteiger partial charge in [-0.15, -0.1) is 0 Å². The van der Waals surface area contributed by atoms with Gasteiger partial charge in [-0.1, -0.05) is 44.7 Å². The molecule has 0 radical (unpaired) electrons. The predicted molar refractivity (Wildman–Crippen MR) is 87.2 cm³/mol. The molecule has 0 spiro atoms. The molecule has 2 nitrogen and oxygen atoms in total. The maximum absolute atomic E-state index is 9.26. The topological polar surface area (TPSA) is 32.3 Å². The summed E-state index contributed by atoms with van der Waals surface area (Å²) in [6.45, 7) is 6.82. The number of nitrogens with one attached hydrogen (secondary N) is 1. The number of aryl methyl sites for hydroxylation is 1. The average molecular weight is 277 g/mol. The molecule has 2 atom stereocenters. The lowest BCUT2D eigenvalue weighted by atomic mass is 10.0. The van der Waals surface area contributed by atoms with Crippen LogP contribution >= 0.6 is 0 Å². The third-order valence-electron chi connectivity index (χ3n) is 3.86. The lowest BCUT2D eigenvalue weighted by Gasteiger charge is -2.20. The lowest BCUT2D eigenvalue weighted by Crippen LogP contribution is -2.34. The van der Waals surface area contributed by atoms with Crippen molar-refractivity contribution in [2.45, 2.75) is 77.8 Å². The molecule has 114 valence electrons. The van der Waals surface area contributed by atoms with E-state index in [2.05, 4.69) is 26.1 Å². The molecule has 0 saturated heterocycles. The molecule has 1 rings (SSSR count). The smallest absolute Gasteiger partial charge is 0.115 e. The van der Waals surface area contributed by atoms with Crippen LogP contribution in [0.25, 0.3) is 0 Å². The fourth-order valence-electron chi connectivity index (χ4n) is 2.58. The van der Waals surface area contributed by atoms with Gasteiger partial charge in [0.15, 0.2) is 0 Å². The first-order chi connectivity index (χ1) is 9.61. The molecule has 1 aromatic carbocycles. The van der Waals surface area contributed by atoms with Crippen LogP contribution in [-0.4, -0.2) is 17.2 Å². The van der Waals surface area contributed by atoms with E-state index in [1.54, 1.807) is 12.1 Å². The Balaban J connectivity index is 2.15. The molecule has 0 aliphatic heterocycles. The number of hydrogen-bond acceptors (Lipinski definition) is 2. The summed E-state index contributed by atoms with van der Waals surface area (Å²) in [5.74, 6) is 0.348. The van der Waals surface area contributed by atoms with Gasteiger partial charge in [0.05, 0.1) is 0 Å². The zero-order valence-corrected chi connectivity index (χ0v) is 13.4. The Labute approximate surface area is 124 Å². The van der Waals surface area contributed by atoms with Crippen molar-refractivity contribution in [3.05, 3.63) is 29.8 Å². The number of rotatable bonds is 10. The van der Waals surface area contributed by atoms with Gasteiger partial charge < -0.3 is 10.4 Å². The van der Waals surface area contributed by atoms with E-state index in [4.69, 9.17) is 0 Å². The first kappa shape index (κ1) is 17.0. The molecule has 2 heteroatoms. The molecule has 1 aromatic rings. The summed E-state index contributed by atoms with van der Waals surface area (Å²) in [7, 11) is 0. The summed E-state index contributed by atoms with van der Waals surface area (Å²) in [6.07, 6.45) is 8.87. The van der Waals surface area contributed by atoms with Gasteiger partial charge in [-0.25, -0.2) is 0 Å². The molecule has 0 bridgehead atoms. The molecule has 0 aliphatic rings. The number of aromatic hydroxyl groups is 1.